The highest BCUT2D eigenvalue weighted by atomic mass is 32.2. The summed E-state index contributed by atoms with van der Waals surface area (Å²) in [6.07, 6.45) is 2.28. The Kier molecular flexibility index (Phi) is 5.38. The zero-order valence-corrected chi connectivity index (χ0v) is 14.3. The number of nitro benzene ring substituents is 1. The highest BCUT2D eigenvalue weighted by molar-refractivity contribution is 7.89. The average Bonchev–Trinajstić information content (AvgIpc) is 2.53. The Morgan fingerprint density at radius 2 is 2.00 bits per heavy atom. The van der Waals surface area contributed by atoms with E-state index in [1.807, 2.05) is 6.92 Å². The molecule has 2 rings (SSSR count). The molecule has 0 aliphatic carbocycles. The van der Waals surface area contributed by atoms with E-state index in [1.54, 1.807) is 0 Å². The van der Waals surface area contributed by atoms with Crippen molar-refractivity contribution < 1.29 is 13.3 Å². The second kappa shape index (κ2) is 6.94. The van der Waals surface area contributed by atoms with Crippen LogP contribution in [0.4, 0.5) is 5.69 Å². The molecule has 7 nitrogen and oxygen atoms in total. The molecule has 1 aromatic carbocycles. The van der Waals surface area contributed by atoms with Gasteiger partial charge in [0.25, 0.3) is 5.69 Å². The second-order valence-corrected chi connectivity index (χ2v) is 8.02. The fourth-order valence-electron chi connectivity index (χ4n) is 2.75. The van der Waals surface area contributed by atoms with Crippen LogP contribution in [0, 0.1) is 15.5 Å². The Hall–Kier alpha value is -1.51. The van der Waals surface area contributed by atoms with Crippen LogP contribution >= 0.6 is 0 Å². The van der Waals surface area contributed by atoms with Crippen LogP contribution in [-0.2, 0) is 16.4 Å². The molecule has 0 atom stereocenters. The smallest absolute Gasteiger partial charge is 0.270 e. The number of non-ortho nitro benzene ring substituents is 1. The first-order chi connectivity index (χ1) is 10.8. The number of nitrogens with zero attached hydrogens (tertiary/aromatic N) is 1. The molecule has 0 bridgehead atoms. The molecule has 128 valence electrons. The van der Waals surface area contributed by atoms with E-state index in [-0.39, 0.29) is 16.0 Å². The molecular weight excluding hydrogens is 318 g/mol. The normalized spacial score (nSPS) is 17.8. The Morgan fingerprint density at radius 1 is 1.35 bits per heavy atom. The van der Waals surface area contributed by atoms with E-state index in [2.05, 4.69) is 17.0 Å². The molecule has 2 N–H and O–H groups in total. The van der Waals surface area contributed by atoms with E-state index < -0.39 is 14.9 Å². The summed E-state index contributed by atoms with van der Waals surface area (Å²) in [5.74, 6) is 0. The Balaban J connectivity index is 2.24. The predicted molar refractivity (Wildman–Crippen MR) is 87.9 cm³/mol. The minimum Gasteiger partial charge on any atom is -0.317 e. The first-order valence-corrected chi connectivity index (χ1v) is 9.23. The minimum absolute atomic E-state index is 0.00624. The summed E-state index contributed by atoms with van der Waals surface area (Å²) in [6.45, 7) is 5.96. The number of nitro groups is 1. The van der Waals surface area contributed by atoms with E-state index in [1.165, 1.54) is 12.1 Å². The molecule has 0 unspecified atom stereocenters. The number of aryl methyl sites for hydroxylation is 1. The van der Waals surface area contributed by atoms with Gasteiger partial charge in [0.2, 0.25) is 10.0 Å². The van der Waals surface area contributed by atoms with Crippen molar-refractivity contribution in [2.45, 2.75) is 38.0 Å². The van der Waals surface area contributed by atoms with Crippen molar-refractivity contribution in [2.75, 3.05) is 19.6 Å². The number of hydrogen-bond donors (Lipinski definition) is 2. The SMILES string of the molecule is CCc1ccc([N+](=O)[O-])cc1S(=O)(=O)NCC1(C)CCNCC1. The van der Waals surface area contributed by atoms with Gasteiger partial charge in [-0.05, 0) is 43.3 Å². The quantitative estimate of drug-likeness (QED) is 0.607. The van der Waals surface area contributed by atoms with Crippen LogP contribution in [0.15, 0.2) is 23.1 Å². The number of sulfonamides is 1. The molecule has 0 spiro atoms. The van der Waals surface area contributed by atoms with Gasteiger partial charge >= 0.3 is 0 Å². The van der Waals surface area contributed by atoms with Crippen molar-refractivity contribution in [1.29, 1.82) is 0 Å². The third-order valence-corrected chi connectivity index (χ3v) is 5.92. The molecule has 0 amide bonds. The van der Waals surface area contributed by atoms with Gasteiger partial charge in [0.05, 0.1) is 9.82 Å². The molecule has 1 aromatic rings. The van der Waals surface area contributed by atoms with Crippen LogP contribution in [0.3, 0.4) is 0 Å². The molecule has 1 fully saturated rings. The van der Waals surface area contributed by atoms with Crippen LogP contribution in [-0.4, -0.2) is 33.0 Å². The third-order valence-electron chi connectivity index (χ3n) is 4.43. The summed E-state index contributed by atoms with van der Waals surface area (Å²) in [5, 5.41) is 14.2. The molecule has 1 aliphatic heterocycles. The Bertz CT molecular complexity index is 682. The van der Waals surface area contributed by atoms with Gasteiger partial charge in [0.15, 0.2) is 0 Å². The molecule has 23 heavy (non-hydrogen) atoms. The molecule has 0 radical (unpaired) electrons. The van der Waals surface area contributed by atoms with E-state index in [0.717, 1.165) is 32.0 Å². The lowest BCUT2D eigenvalue weighted by Crippen LogP contribution is -2.43. The maximum Gasteiger partial charge on any atom is 0.270 e. The molecule has 1 saturated heterocycles. The summed E-state index contributed by atoms with van der Waals surface area (Å²) in [6, 6.07) is 4.00. The van der Waals surface area contributed by atoms with Crippen molar-refractivity contribution in [3.05, 3.63) is 33.9 Å². The number of nitrogens with one attached hydrogen (secondary N) is 2. The van der Waals surface area contributed by atoms with Gasteiger partial charge in [0.1, 0.15) is 0 Å². The first-order valence-electron chi connectivity index (χ1n) is 7.75. The van der Waals surface area contributed by atoms with Crippen LogP contribution in [0.5, 0.6) is 0 Å². The molecule has 0 saturated carbocycles. The summed E-state index contributed by atoms with van der Waals surface area (Å²) < 4.78 is 27.9. The van der Waals surface area contributed by atoms with Gasteiger partial charge < -0.3 is 5.32 Å². The van der Waals surface area contributed by atoms with E-state index in [9.17, 15) is 18.5 Å². The van der Waals surface area contributed by atoms with Gasteiger partial charge in [-0.25, -0.2) is 13.1 Å². The van der Waals surface area contributed by atoms with Crippen LogP contribution in [0.1, 0.15) is 32.3 Å². The third kappa shape index (κ3) is 4.27. The zero-order chi connectivity index (χ0) is 17.1. The fraction of sp³-hybridized carbons (Fsp3) is 0.600. The Labute approximate surface area is 136 Å². The lowest BCUT2D eigenvalue weighted by molar-refractivity contribution is -0.385. The van der Waals surface area contributed by atoms with Crippen molar-refractivity contribution in [3.8, 4) is 0 Å². The number of hydrogen-bond acceptors (Lipinski definition) is 5. The summed E-state index contributed by atoms with van der Waals surface area (Å²) in [5.41, 5.74) is 0.278. The molecule has 1 aliphatic rings. The van der Waals surface area contributed by atoms with Crippen LogP contribution in [0.2, 0.25) is 0 Å². The maximum absolute atomic E-state index is 12.6. The van der Waals surface area contributed by atoms with Crippen molar-refractivity contribution in [3.63, 3.8) is 0 Å². The fourth-order valence-corrected chi connectivity index (χ4v) is 4.28. The number of rotatable bonds is 6. The van der Waals surface area contributed by atoms with Crippen LogP contribution < -0.4 is 10.0 Å². The largest absolute Gasteiger partial charge is 0.317 e. The summed E-state index contributed by atoms with van der Waals surface area (Å²) in [4.78, 5) is 10.3. The molecular formula is C15H23N3O4S. The van der Waals surface area contributed by atoms with Gasteiger partial charge in [0, 0.05) is 18.7 Å². The molecule has 8 heteroatoms. The lowest BCUT2D eigenvalue weighted by Gasteiger charge is -2.34. The van der Waals surface area contributed by atoms with E-state index in [4.69, 9.17) is 0 Å². The number of benzene rings is 1. The monoisotopic (exact) mass is 341 g/mol. The summed E-state index contributed by atoms with van der Waals surface area (Å²) in [7, 11) is -3.77. The van der Waals surface area contributed by atoms with Gasteiger partial charge in [-0.1, -0.05) is 19.9 Å². The van der Waals surface area contributed by atoms with Crippen molar-refractivity contribution in [1.82, 2.24) is 10.0 Å². The van der Waals surface area contributed by atoms with E-state index >= 15 is 0 Å². The molecule has 1 heterocycles. The first kappa shape index (κ1) is 17.8. The predicted octanol–water partition coefficient (Wildman–Crippen LogP) is 1.83. The van der Waals surface area contributed by atoms with Gasteiger partial charge in [-0.3, -0.25) is 10.1 Å². The second-order valence-electron chi connectivity index (χ2n) is 6.29. The summed E-state index contributed by atoms with van der Waals surface area (Å²) >= 11 is 0. The maximum atomic E-state index is 12.6. The van der Waals surface area contributed by atoms with Crippen molar-refractivity contribution in [2.24, 2.45) is 5.41 Å². The van der Waals surface area contributed by atoms with Gasteiger partial charge in [-0.15, -0.1) is 0 Å². The zero-order valence-electron chi connectivity index (χ0n) is 13.5. The van der Waals surface area contributed by atoms with Crippen LogP contribution in [0.25, 0.3) is 0 Å². The van der Waals surface area contributed by atoms with E-state index in [0.29, 0.717) is 18.5 Å². The molecule has 0 aromatic heterocycles. The number of piperidine rings is 1. The lowest BCUT2D eigenvalue weighted by atomic mass is 9.81. The standard InChI is InChI=1S/C15H23N3O4S/c1-3-12-4-5-13(18(19)20)10-14(12)23(21,22)17-11-15(2)6-8-16-9-7-15/h4-5,10,16-17H,3,6-9,11H2,1-2H3. The highest BCUT2D eigenvalue weighted by Crippen LogP contribution is 2.28. The minimum atomic E-state index is -3.77. The topological polar surface area (TPSA) is 101 Å². The average molecular weight is 341 g/mol. The van der Waals surface area contributed by atoms with Crippen molar-refractivity contribution >= 4 is 15.7 Å². The highest BCUT2D eigenvalue weighted by Gasteiger charge is 2.29. The Morgan fingerprint density at radius 3 is 2.57 bits per heavy atom. The van der Waals surface area contributed by atoms with Gasteiger partial charge in [-0.2, -0.15) is 0 Å².